The van der Waals surface area contributed by atoms with Crippen molar-refractivity contribution in [2.24, 2.45) is 0 Å². The van der Waals surface area contributed by atoms with E-state index in [0.29, 0.717) is 9.79 Å². The zero-order valence-electron chi connectivity index (χ0n) is 35.0. The lowest BCUT2D eigenvalue weighted by molar-refractivity contribution is 0.461. The van der Waals surface area contributed by atoms with Crippen molar-refractivity contribution in [1.82, 2.24) is 0 Å². The van der Waals surface area contributed by atoms with Crippen molar-refractivity contribution in [2.45, 2.75) is 50.1 Å². The lowest BCUT2D eigenvalue weighted by Gasteiger charge is -2.05. The highest BCUT2D eigenvalue weighted by molar-refractivity contribution is 7.99. The molecule has 0 saturated carbocycles. The maximum atomic E-state index is 11.3. The maximum Gasteiger partial charge on any atom is 0.175 e. The summed E-state index contributed by atoms with van der Waals surface area (Å²) in [6.07, 6.45) is 4.03. The van der Waals surface area contributed by atoms with E-state index in [2.05, 4.69) is 5.87 Å². The van der Waals surface area contributed by atoms with Crippen LogP contribution in [0.15, 0.2) is 193 Å². The van der Waals surface area contributed by atoms with Crippen molar-refractivity contribution in [3.05, 3.63) is 180 Å². The average molecular weight is 980 g/mol. The first kappa shape index (κ1) is 56.0. The quantitative estimate of drug-likeness (QED) is 0.132. The molecule has 0 saturated heterocycles. The molecule has 0 radical (unpaired) electrons. The molecule has 1 atom stereocenters. The van der Waals surface area contributed by atoms with Crippen molar-refractivity contribution in [3.63, 3.8) is 0 Å². The molecule has 14 nitrogen and oxygen atoms in total. The fourth-order valence-corrected chi connectivity index (χ4v) is 7.60. The summed E-state index contributed by atoms with van der Waals surface area (Å²) in [5, 5.41) is 0. The molecule has 342 valence electrons. The van der Waals surface area contributed by atoms with Crippen molar-refractivity contribution < 1.29 is 60.0 Å². The monoisotopic (exact) mass is 979 g/mol. The van der Waals surface area contributed by atoms with Gasteiger partial charge in [-0.3, -0.25) is 4.21 Å². The Morgan fingerprint density at radius 1 is 0.302 bits per heavy atom. The fourth-order valence-electron chi connectivity index (χ4n) is 4.16. The second-order valence-electron chi connectivity index (χ2n) is 13.3. The Bertz CT molecular complexity index is 2660. The minimum absolute atomic E-state index is 0.178. The predicted octanol–water partition coefficient (Wildman–Crippen LogP) is 6.27. The summed E-state index contributed by atoms with van der Waals surface area (Å²) in [6, 6.07) is 43.3. The first-order chi connectivity index (χ1) is 28.8. The number of rotatable bonds is 6. The molecule has 6 aromatic rings. The fraction of sp³-hybridized carbons (Fsp3) is 0.140. The molecule has 0 aliphatic rings. The highest BCUT2D eigenvalue weighted by Gasteiger charge is 2.04. The van der Waals surface area contributed by atoms with Gasteiger partial charge in [-0.15, -0.1) is 0 Å². The Morgan fingerprint density at radius 3 is 0.619 bits per heavy atom. The first-order valence-electron chi connectivity index (χ1n) is 17.8. The molecule has 6 aromatic carbocycles. The molecule has 0 bridgehead atoms. The van der Waals surface area contributed by atoms with Crippen molar-refractivity contribution in [1.29, 1.82) is 0 Å². The lowest BCUT2D eigenvalue weighted by Crippen LogP contribution is -1.97. The van der Waals surface area contributed by atoms with Crippen molar-refractivity contribution >= 4 is 65.4 Å². The summed E-state index contributed by atoms with van der Waals surface area (Å²) in [6.45, 7) is 5.46. The van der Waals surface area contributed by atoms with Gasteiger partial charge >= 0.3 is 0 Å². The van der Waals surface area contributed by atoms with Crippen LogP contribution in [0.25, 0.3) is 0 Å². The molecular weight excluding hydrogens is 933 g/mol. The number of hydrogen-bond donors (Lipinski definition) is 0. The second-order valence-corrected chi connectivity index (χ2v) is 23.9. The van der Waals surface area contributed by atoms with Gasteiger partial charge in [0, 0.05) is 23.7 Å². The SMILES string of the molecule is C=S(C)(=O)c1ccccc1.CS(=O)(=O)c1ccccc1.CS(=O)(=O)c1ccccc1.Cc1ccc(S(=O)(=O)[O-])cc1.Cc1ccc(S(=O)(=O)[O-])cc1.Cc1ccc(S(=O)(=O)[O-])cc1. The zero-order valence-corrected chi connectivity index (χ0v) is 39.9. The van der Waals surface area contributed by atoms with Crippen molar-refractivity contribution in [2.75, 3.05) is 18.8 Å². The summed E-state index contributed by atoms with van der Waals surface area (Å²) in [4.78, 5) is 1.02. The van der Waals surface area contributed by atoms with E-state index >= 15 is 0 Å². The Kier molecular flexibility index (Phi) is 22.0. The Morgan fingerprint density at radius 2 is 0.492 bits per heavy atom. The van der Waals surface area contributed by atoms with E-state index in [9.17, 15) is 60.0 Å². The smallest absolute Gasteiger partial charge is 0.175 e. The zero-order chi connectivity index (χ0) is 48.3. The van der Waals surface area contributed by atoms with Gasteiger partial charge in [-0.2, -0.15) is 0 Å². The van der Waals surface area contributed by atoms with Gasteiger partial charge in [-0.05, 0) is 109 Å². The third-order valence-electron chi connectivity index (χ3n) is 7.51. The summed E-state index contributed by atoms with van der Waals surface area (Å²) in [7, 11) is -20.8. The van der Waals surface area contributed by atoms with Crippen LogP contribution in [-0.2, 0) is 59.6 Å². The normalized spacial score (nSPS) is 12.1. The molecule has 0 spiro atoms. The third kappa shape index (κ3) is 23.8. The highest BCUT2D eigenvalue weighted by Crippen LogP contribution is 2.11. The predicted molar refractivity (Wildman–Crippen MR) is 242 cm³/mol. The molecule has 20 heteroatoms. The van der Waals surface area contributed by atoms with E-state index in [1.54, 1.807) is 103 Å². The minimum atomic E-state index is -4.27. The molecule has 0 aromatic heterocycles. The molecule has 63 heavy (non-hydrogen) atoms. The van der Waals surface area contributed by atoms with Crippen LogP contribution in [-0.4, -0.2) is 84.6 Å². The Balaban J connectivity index is 0.000000378. The Hall–Kier alpha value is -5.03. The highest BCUT2D eigenvalue weighted by atomic mass is 32.2. The molecule has 1 unspecified atom stereocenters. The molecule has 0 N–H and O–H groups in total. The van der Waals surface area contributed by atoms with Gasteiger partial charge in [-0.25, -0.2) is 42.1 Å². The van der Waals surface area contributed by atoms with Crippen LogP contribution in [0.1, 0.15) is 16.7 Å². The van der Waals surface area contributed by atoms with Crippen LogP contribution in [0.4, 0.5) is 0 Å². The van der Waals surface area contributed by atoms with E-state index in [0.717, 1.165) is 21.6 Å². The van der Waals surface area contributed by atoms with E-state index in [4.69, 9.17) is 0 Å². The molecule has 6 rings (SSSR count). The van der Waals surface area contributed by atoms with Crippen LogP contribution >= 0.6 is 0 Å². The van der Waals surface area contributed by atoms with Gasteiger partial charge in [0.05, 0.1) is 24.5 Å². The minimum Gasteiger partial charge on any atom is -0.744 e. The first-order valence-corrected chi connectivity index (χ1v) is 27.9. The summed E-state index contributed by atoms with van der Waals surface area (Å²) < 4.78 is 148. The topological polar surface area (TPSA) is 257 Å². The van der Waals surface area contributed by atoms with Crippen LogP contribution in [0, 0.1) is 20.8 Å². The molecule has 0 heterocycles. The summed E-state index contributed by atoms with van der Waals surface area (Å²) in [5.41, 5.74) is 2.78. The standard InChI is InChI=1S/C8H10OS.3C7H8O3S.2C7H8O2S/c1-10(2,9)8-6-4-3-5-7-8;3*1-6-2-4-7(5-3-6)11(8,9)10;2*1-10(8,9)7-5-3-2-4-6-7/h3-7H,1H2,2H3;3*2-5H,1H3,(H,8,9,10);2*2-6H,1H3/p-3. The Labute approximate surface area is 372 Å². The molecular formula is C43H47O14S6-3. The largest absolute Gasteiger partial charge is 0.744 e. The van der Waals surface area contributed by atoms with E-state index in [1.807, 2.05) is 51.1 Å². The van der Waals surface area contributed by atoms with Crippen LogP contribution < -0.4 is 0 Å². The molecule has 0 fully saturated rings. The van der Waals surface area contributed by atoms with Crippen LogP contribution in [0.2, 0.25) is 0 Å². The lowest BCUT2D eigenvalue weighted by atomic mass is 10.2. The van der Waals surface area contributed by atoms with Gasteiger partial charge in [-0.1, -0.05) is 108 Å². The van der Waals surface area contributed by atoms with Gasteiger partial charge in [0.2, 0.25) is 0 Å². The molecule has 0 amide bonds. The average Bonchev–Trinajstić information content (AvgIpc) is 3.19. The van der Waals surface area contributed by atoms with Gasteiger partial charge < -0.3 is 13.7 Å². The number of sulfone groups is 2. The number of hydrogen-bond acceptors (Lipinski definition) is 14. The van der Waals surface area contributed by atoms with E-state index in [1.165, 1.54) is 48.9 Å². The van der Waals surface area contributed by atoms with Crippen LogP contribution in [0.5, 0.6) is 0 Å². The summed E-state index contributed by atoms with van der Waals surface area (Å²) >= 11 is 0. The third-order valence-corrected chi connectivity index (χ3v) is 13.6. The van der Waals surface area contributed by atoms with Gasteiger partial charge in [0.1, 0.15) is 30.4 Å². The van der Waals surface area contributed by atoms with Gasteiger partial charge in [0.15, 0.2) is 19.7 Å². The van der Waals surface area contributed by atoms with E-state index < -0.39 is 59.6 Å². The van der Waals surface area contributed by atoms with Crippen LogP contribution in [0.3, 0.4) is 0 Å². The number of benzene rings is 6. The number of aryl methyl sites for hydroxylation is 3. The molecule has 0 aliphatic heterocycles. The van der Waals surface area contributed by atoms with E-state index in [-0.39, 0.29) is 14.7 Å². The molecule has 0 aliphatic carbocycles. The maximum absolute atomic E-state index is 11.3. The van der Waals surface area contributed by atoms with Crippen molar-refractivity contribution in [3.8, 4) is 0 Å². The summed E-state index contributed by atoms with van der Waals surface area (Å²) in [5.74, 6) is 3.57. The van der Waals surface area contributed by atoms with Gasteiger partial charge in [0.25, 0.3) is 0 Å². The second kappa shape index (κ2) is 24.7.